The van der Waals surface area contributed by atoms with E-state index in [1.807, 2.05) is 20.8 Å². The van der Waals surface area contributed by atoms with Crippen molar-refractivity contribution in [2.45, 2.75) is 90.4 Å². The van der Waals surface area contributed by atoms with Crippen molar-refractivity contribution in [2.24, 2.45) is 11.8 Å². The van der Waals surface area contributed by atoms with E-state index in [0.29, 0.717) is 25.3 Å². The molecule has 2 atom stereocenters. The number of rotatable bonds is 17. The zero-order valence-electron chi connectivity index (χ0n) is 23.8. The molecule has 0 heterocycles. The van der Waals surface area contributed by atoms with Gasteiger partial charge in [-0.3, -0.25) is 9.59 Å². The molecule has 10 heteroatoms. The summed E-state index contributed by atoms with van der Waals surface area (Å²) in [6.07, 6.45) is 3.07. The summed E-state index contributed by atoms with van der Waals surface area (Å²) < 4.78 is 39.6. The van der Waals surface area contributed by atoms with E-state index in [1.165, 1.54) is 31.4 Å². The van der Waals surface area contributed by atoms with Crippen molar-refractivity contribution < 1.29 is 22.8 Å². The fraction of sp³-hybridized carbons (Fsp3) is 0.724. The molecule has 1 aliphatic carbocycles. The SMILES string of the molecule is CCNCC(CNCC)CC(NCC)C(=O)NC(CCC1CCCCC1)C(=O)Nc1cccc(C(F)(F)F)c1. The second-order valence-electron chi connectivity index (χ2n) is 10.5. The van der Waals surface area contributed by atoms with Gasteiger partial charge in [-0.1, -0.05) is 58.9 Å². The van der Waals surface area contributed by atoms with Gasteiger partial charge >= 0.3 is 6.18 Å². The number of amides is 2. The lowest BCUT2D eigenvalue weighted by molar-refractivity contribution is -0.137. The van der Waals surface area contributed by atoms with Crippen LogP contribution in [0.2, 0.25) is 0 Å². The molecule has 222 valence electrons. The molecule has 1 aromatic rings. The number of alkyl halides is 3. The maximum atomic E-state index is 13.5. The van der Waals surface area contributed by atoms with Gasteiger partial charge in [0.05, 0.1) is 11.6 Å². The third-order valence-corrected chi connectivity index (χ3v) is 7.38. The molecule has 0 saturated heterocycles. The lowest BCUT2D eigenvalue weighted by Crippen LogP contribution is -2.52. The second kappa shape index (κ2) is 17.5. The van der Waals surface area contributed by atoms with E-state index < -0.39 is 29.7 Å². The first-order valence-electron chi connectivity index (χ1n) is 14.6. The third-order valence-electron chi connectivity index (χ3n) is 7.38. The minimum atomic E-state index is -4.51. The Labute approximate surface area is 231 Å². The van der Waals surface area contributed by atoms with Gasteiger partial charge in [-0.2, -0.15) is 13.2 Å². The van der Waals surface area contributed by atoms with E-state index in [0.717, 1.165) is 57.6 Å². The smallest absolute Gasteiger partial charge is 0.343 e. The number of anilines is 1. The highest BCUT2D eigenvalue weighted by molar-refractivity contribution is 5.97. The number of halogens is 3. The predicted octanol–water partition coefficient (Wildman–Crippen LogP) is 4.69. The maximum Gasteiger partial charge on any atom is 0.416 e. The molecular formula is C29H48F3N5O2. The number of likely N-dealkylation sites (N-methyl/N-ethyl adjacent to an activating group) is 1. The lowest BCUT2D eigenvalue weighted by atomic mass is 9.85. The van der Waals surface area contributed by atoms with Crippen molar-refractivity contribution in [3.8, 4) is 0 Å². The molecule has 2 rings (SSSR count). The van der Waals surface area contributed by atoms with Gasteiger partial charge in [0.2, 0.25) is 11.8 Å². The fourth-order valence-corrected chi connectivity index (χ4v) is 5.22. The first-order chi connectivity index (χ1) is 18.7. The van der Waals surface area contributed by atoms with Crippen LogP contribution in [-0.2, 0) is 15.8 Å². The monoisotopic (exact) mass is 555 g/mol. The lowest BCUT2D eigenvalue weighted by Gasteiger charge is -2.28. The number of nitrogens with one attached hydrogen (secondary N) is 5. The van der Waals surface area contributed by atoms with Gasteiger partial charge < -0.3 is 26.6 Å². The maximum absolute atomic E-state index is 13.5. The second-order valence-corrected chi connectivity index (χ2v) is 10.5. The minimum Gasteiger partial charge on any atom is -0.343 e. The topological polar surface area (TPSA) is 94.3 Å². The molecular weight excluding hydrogens is 507 g/mol. The van der Waals surface area contributed by atoms with Gasteiger partial charge in [0.1, 0.15) is 6.04 Å². The summed E-state index contributed by atoms with van der Waals surface area (Å²) in [7, 11) is 0. The van der Waals surface area contributed by atoms with Gasteiger partial charge in [0.25, 0.3) is 0 Å². The molecule has 2 amide bonds. The molecule has 5 N–H and O–H groups in total. The van der Waals surface area contributed by atoms with Crippen LogP contribution in [0.15, 0.2) is 24.3 Å². The summed E-state index contributed by atoms with van der Waals surface area (Å²) in [5.74, 6) is -0.0544. The molecule has 1 fully saturated rings. The molecule has 1 saturated carbocycles. The average Bonchev–Trinajstić information content (AvgIpc) is 2.92. The first-order valence-corrected chi connectivity index (χ1v) is 14.6. The van der Waals surface area contributed by atoms with E-state index in [2.05, 4.69) is 26.6 Å². The Morgan fingerprint density at radius 2 is 1.59 bits per heavy atom. The summed E-state index contributed by atoms with van der Waals surface area (Å²) in [6.45, 7) is 9.80. The number of carbonyl (C=O) groups is 2. The molecule has 1 aliphatic rings. The highest BCUT2D eigenvalue weighted by atomic mass is 19.4. The molecule has 0 aromatic heterocycles. The van der Waals surface area contributed by atoms with E-state index in [1.54, 1.807) is 0 Å². The Balaban J connectivity index is 2.16. The van der Waals surface area contributed by atoms with Crippen LogP contribution in [0.1, 0.15) is 77.7 Å². The van der Waals surface area contributed by atoms with E-state index in [9.17, 15) is 22.8 Å². The van der Waals surface area contributed by atoms with Crippen LogP contribution in [0.4, 0.5) is 18.9 Å². The van der Waals surface area contributed by atoms with Crippen LogP contribution < -0.4 is 26.6 Å². The fourth-order valence-electron chi connectivity index (χ4n) is 5.22. The molecule has 1 aromatic carbocycles. The van der Waals surface area contributed by atoms with E-state index >= 15 is 0 Å². The Kier molecular flexibility index (Phi) is 14.8. The molecule has 0 spiro atoms. The largest absolute Gasteiger partial charge is 0.416 e. The quantitative estimate of drug-likeness (QED) is 0.192. The van der Waals surface area contributed by atoms with Crippen molar-refractivity contribution in [1.29, 1.82) is 0 Å². The summed E-state index contributed by atoms with van der Waals surface area (Å²) in [4.78, 5) is 26.8. The van der Waals surface area contributed by atoms with Gasteiger partial charge in [-0.25, -0.2) is 0 Å². The van der Waals surface area contributed by atoms with Crippen molar-refractivity contribution in [3.05, 3.63) is 29.8 Å². The van der Waals surface area contributed by atoms with Crippen LogP contribution in [-0.4, -0.2) is 56.6 Å². The molecule has 2 unspecified atom stereocenters. The number of benzene rings is 1. The van der Waals surface area contributed by atoms with Crippen LogP contribution in [0.3, 0.4) is 0 Å². The summed E-state index contributed by atoms with van der Waals surface area (Å²) in [5.41, 5.74) is -0.769. The minimum absolute atomic E-state index is 0.0614. The normalized spacial score (nSPS) is 16.2. The zero-order valence-corrected chi connectivity index (χ0v) is 23.8. The Morgan fingerprint density at radius 1 is 0.923 bits per heavy atom. The standard InChI is InChI=1S/C29H48F3N5O2/c1-4-33-19-22(20-34-5-2)17-26(35-6-3)28(39)37-25(16-15-21-11-8-7-9-12-21)27(38)36-24-14-10-13-23(18-24)29(30,31)32/h10,13-14,18,21-22,25-26,33-35H,4-9,11-12,15-17,19-20H2,1-3H3,(H,36,38)(H,37,39). The van der Waals surface area contributed by atoms with E-state index in [4.69, 9.17) is 0 Å². The van der Waals surface area contributed by atoms with Crippen LogP contribution in [0, 0.1) is 11.8 Å². The molecule has 39 heavy (non-hydrogen) atoms. The highest BCUT2D eigenvalue weighted by Crippen LogP contribution is 2.31. The number of carbonyl (C=O) groups excluding carboxylic acids is 2. The zero-order chi connectivity index (χ0) is 28.7. The van der Waals surface area contributed by atoms with Crippen LogP contribution in [0.5, 0.6) is 0 Å². The van der Waals surface area contributed by atoms with Crippen molar-refractivity contribution in [1.82, 2.24) is 21.3 Å². The highest BCUT2D eigenvalue weighted by Gasteiger charge is 2.31. The molecule has 0 aliphatic heterocycles. The number of hydrogen-bond acceptors (Lipinski definition) is 5. The predicted molar refractivity (Wildman–Crippen MR) is 150 cm³/mol. The Morgan fingerprint density at radius 3 is 2.18 bits per heavy atom. The van der Waals surface area contributed by atoms with Gasteiger partial charge in [0, 0.05) is 5.69 Å². The van der Waals surface area contributed by atoms with Crippen molar-refractivity contribution in [3.63, 3.8) is 0 Å². The van der Waals surface area contributed by atoms with Crippen LogP contribution in [0.25, 0.3) is 0 Å². The summed E-state index contributed by atoms with van der Waals surface area (Å²) in [6, 6.07) is 3.26. The van der Waals surface area contributed by atoms with Crippen molar-refractivity contribution >= 4 is 17.5 Å². The number of hydrogen-bond donors (Lipinski definition) is 5. The van der Waals surface area contributed by atoms with Crippen molar-refractivity contribution in [2.75, 3.05) is 38.0 Å². The van der Waals surface area contributed by atoms with Gasteiger partial charge in [-0.05, 0) is 82.0 Å². The Bertz CT molecular complexity index is 854. The van der Waals surface area contributed by atoms with E-state index in [-0.39, 0.29) is 17.5 Å². The van der Waals surface area contributed by atoms with Crippen LogP contribution >= 0.6 is 0 Å². The average molecular weight is 556 g/mol. The third kappa shape index (κ3) is 12.3. The molecule has 0 bridgehead atoms. The van der Waals surface area contributed by atoms with Gasteiger partial charge in [-0.15, -0.1) is 0 Å². The first kappa shape index (κ1) is 33.0. The van der Waals surface area contributed by atoms with Gasteiger partial charge in [0.15, 0.2) is 0 Å². The molecule has 0 radical (unpaired) electrons. The summed E-state index contributed by atoms with van der Waals surface area (Å²) >= 11 is 0. The summed E-state index contributed by atoms with van der Waals surface area (Å²) in [5, 5.41) is 15.5. The molecule has 7 nitrogen and oxygen atoms in total. The Hall–Kier alpha value is -2.17.